The molecule has 0 amide bonds. The Kier molecular flexibility index (Phi) is 398. The molecule has 0 radical (unpaired) electrons. The van der Waals surface area contributed by atoms with E-state index in [0.29, 0.717) is 0 Å². The van der Waals surface area contributed by atoms with Gasteiger partial charge in [-0.3, -0.25) is 0 Å². The number of rotatable bonds is 0. The summed E-state index contributed by atoms with van der Waals surface area (Å²) in [6, 6.07) is 0. The van der Waals surface area contributed by atoms with Gasteiger partial charge in [0.15, 0.2) is 0 Å². The van der Waals surface area contributed by atoms with Gasteiger partial charge in [0, 0.05) is 0 Å². The van der Waals surface area contributed by atoms with Gasteiger partial charge in [0.1, 0.15) is 0 Å². The molecule has 0 bridgehead atoms. The third-order valence-electron chi connectivity index (χ3n) is 0. The summed E-state index contributed by atoms with van der Waals surface area (Å²) in [6.07, 6.45) is 0. The van der Waals surface area contributed by atoms with Crippen molar-refractivity contribution in [2.45, 2.75) is 0 Å². The molecule has 0 spiro atoms. The average molecular weight is 168 g/mol. The minimum absolute atomic E-state index is 0. The van der Waals surface area contributed by atoms with E-state index in [4.69, 9.17) is 20.2 Å². The van der Waals surface area contributed by atoms with Crippen LogP contribution in [0.5, 0.6) is 0 Å². The first kappa shape index (κ1) is 36.1. The molecule has 4 N–H and O–H groups in total. The van der Waals surface area contributed by atoms with Crippen LogP contribution >= 0.6 is 0 Å². The molecule has 0 aromatic rings. The number of nitrogens with zero attached hydrogens (tertiary/aromatic N) is 2. The number of hydrogen-bond acceptors (Lipinski definition) is 6. The van der Waals surface area contributed by atoms with Gasteiger partial charge in [-0.25, -0.2) is 0 Å². The Morgan fingerprint density at radius 2 is 0.889 bits per heavy atom. The minimum Gasteiger partial charge on any atom is -0.444 e. The van der Waals surface area contributed by atoms with Gasteiger partial charge in [-0.1, -0.05) is 0 Å². The van der Waals surface area contributed by atoms with Crippen molar-refractivity contribution < 1.29 is 11.0 Å². The van der Waals surface area contributed by atoms with Gasteiger partial charge in [0.2, 0.25) is 0 Å². The van der Waals surface area contributed by atoms with Crippen molar-refractivity contribution in [3.8, 4) is 0 Å². The molecule has 0 unspecified atom stereocenters. The van der Waals surface area contributed by atoms with Crippen molar-refractivity contribution in [2.75, 3.05) is 0 Å². The Morgan fingerprint density at radius 1 is 0.889 bits per heavy atom. The van der Waals surface area contributed by atoms with Crippen molar-refractivity contribution in [2.24, 2.45) is 10.7 Å². The van der Waals surface area contributed by atoms with Gasteiger partial charge in [0.05, 0.1) is 0 Å². The largest absolute Gasteiger partial charge is 2.00 e. The van der Waals surface area contributed by atoms with E-state index in [-0.39, 0.29) is 48.7 Å². The Bertz CT molecular complexity index is 32.0. The third kappa shape index (κ3) is 695000. The summed E-state index contributed by atoms with van der Waals surface area (Å²) < 4.78 is 0. The standard InChI is InChI=1S/Ca.2HNO2.2H2O/c;2*2-1-3;;/h;2*(H,2,3);2*1H2/q+2;;;;/p-2. The van der Waals surface area contributed by atoms with Crippen LogP contribution in [-0.2, 0) is 0 Å². The van der Waals surface area contributed by atoms with E-state index in [1.807, 2.05) is 0 Å². The summed E-state index contributed by atoms with van der Waals surface area (Å²) in [6.45, 7) is 0. The van der Waals surface area contributed by atoms with E-state index < -0.39 is 0 Å². The monoisotopic (exact) mass is 168 g/mol. The van der Waals surface area contributed by atoms with Crippen molar-refractivity contribution in [3.63, 3.8) is 0 Å². The normalized spacial score (nSPS) is 2.67. The topological polar surface area (TPSA) is 168 Å². The zero-order valence-electron chi connectivity index (χ0n) is 4.23. The molecular weight excluding hydrogens is 164 g/mol. The molecule has 52 valence electrons. The summed E-state index contributed by atoms with van der Waals surface area (Å²) >= 11 is 0. The SMILES string of the molecule is O.O.O=N[O-].O=N[O-].[Ca+2]. The molecule has 0 fully saturated rings. The van der Waals surface area contributed by atoms with E-state index in [0.717, 1.165) is 10.7 Å². The van der Waals surface area contributed by atoms with Crippen LogP contribution in [0.3, 0.4) is 0 Å². The molecule has 0 rings (SSSR count). The maximum absolute atomic E-state index is 8.00. The molecule has 0 aliphatic heterocycles. The Balaban J connectivity index is -0.00000000889. The van der Waals surface area contributed by atoms with E-state index in [1.165, 1.54) is 0 Å². The van der Waals surface area contributed by atoms with E-state index in [2.05, 4.69) is 0 Å². The fourth-order valence-corrected chi connectivity index (χ4v) is 0. The molecule has 0 saturated carbocycles. The summed E-state index contributed by atoms with van der Waals surface area (Å²) in [5.74, 6) is 0. The summed E-state index contributed by atoms with van der Waals surface area (Å²) in [7, 11) is 0. The van der Waals surface area contributed by atoms with Crippen molar-refractivity contribution in [3.05, 3.63) is 20.2 Å². The first-order valence-corrected chi connectivity index (χ1v) is 0.730. The minimum atomic E-state index is 0. The van der Waals surface area contributed by atoms with Crippen LogP contribution in [0, 0.1) is 20.2 Å². The zero-order valence-corrected chi connectivity index (χ0v) is 6.44. The maximum atomic E-state index is 8.00. The quantitative estimate of drug-likeness (QED) is 0.243. The van der Waals surface area contributed by atoms with E-state index in [9.17, 15) is 0 Å². The second-order valence-electron chi connectivity index (χ2n) is 0.149. The molecule has 8 nitrogen and oxygen atoms in total. The number of hydrogen-bond donors (Lipinski definition) is 0. The second kappa shape index (κ2) is 99.2. The van der Waals surface area contributed by atoms with Gasteiger partial charge in [0.25, 0.3) is 0 Å². The van der Waals surface area contributed by atoms with Crippen LogP contribution in [0.1, 0.15) is 0 Å². The average Bonchev–Trinajstić information content (AvgIpc) is 1.39. The predicted molar refractivity (Wildman–Crippen MR) is 31.3 cm³/mol. The van der Waals surface area contributed by atoms with Crippen LogP contribution in [0.25, 0.3) is 0 Å². The fourth-order valence-electron chi connectivity index (χ4n) is 0. The Labute approximate surface area is 79.3 Å². The molecule has 0 aromatic carbocycles. The molecule has 0 aliphatic carbocycles. The van der Waals surface area contributed by atoms with Gasteiger partial charge < -0.3 is 31.2 Å². The van der Waals surface area contributed by atoms with Gasteiger partial charge in [-0.2, -0.15) is 0 Å². The Hall–Kier alpha value is -0.0203. The smallest absolute Gasteiger partial charge is 0.444 e. The third-order valence-corrected chi connectivity index (χ3v) is 0. The van der Waals surface area contributed by atoms with Crippen LogP contribution < -0.4 is 0 Å². The van der Waals surface area contributed by atoms with Crippen LogP contribution in [0.15, 0.2) is 10.7 Å². The zero-order chi connectivity index (χ0) is 5.41. The summed E-state index contributed by atoms with van der Waals surface area (Å²) in [4.78, 5) is 16.0. The molecule has 9 heavy (non-hydrogen) atoms. The van der Waals surface area contributed by atoms with Gasteiger partial charge in [-0.15, -0.1) is 10.7 Å². The van der Waals surface area contributed by atoms with Crippen LogP contribution in [0.2, 0.25) is 0 Å². The van der Waals surface area contributed by atoms with E-state index in [1.54, 1.807) is 0 Å². The molecular formula is H4CaN2O6. The van der Waals surface area contributed by atoms with E-state index >= 15 is 0 Å². The molecule has 0 aromatic heterocycles. The van der Waals surface area contributed by atoms with Crippen LogP contribution in [0.4, 0.5) is 0 Å². The van der Waals surface area contributed by atoms with Crippen molar-refractivity contribution in [1.29, 1.82) is 0 Å². The molecule has 0 aliphatic rings. The Morgan fingerprint density at radius 3 is 0.889 bits per heavy atom. The van der Waals surface area contributed by atoms with Crippen molar-refractivity contribution in [1.82, 2.24) is 0 Å². The second-order valence-corrected chi connectivity index (χ2v) is 0.149. The summed E-state index contributed by atoms with van der Waals surface area (Å²) in [5.41, 5.74) is 0. The van der Waals surface area contributed by atoms with Crippen LogP contribution in [-0.4, -0.2) is 48.7 Å². The molecule has 9 heteroatoms. The molecule has 0 heterocycles. The van der Waals surface area contributed by atoms with Crippen molar-refractivity contribution >= 4 is 37.7 Å². The first-order valence-electron chi connectivity index (χ1n) is 0.730. The fraction of sp³-hybridized carbons (Fsp3) is 0. The molecule has 0 saturated heterocycles. The van der Waals surface area contributed by atoms with Gasteiger partial charge in [-0.05, 0) is 0 Å². The first-order chi connectivity index (χ1) is 2.83. The molecule has 0 atom stereocenters. The van der Waals surface area contributed by atoms with Gasteiger partial charge >= 0.3 is 37.7 Å². The predicted octanol–water partition coefficient (Wildman–Crippen LogP) is -1.53. The summed E-state index contributed by atoms with van der Waals surface area (Å²) in [5, 5.41) is 18.0. The maximum Gasteiger partial charge on any atom is 2.00 e.